The zero-order valence-corrected chi connectivity index (χ0v) is 10.8. The van der Waals surface area contributed by atoms with Crippen molar-refractivity contribution in [1.82, 2.24) is 4.98 Å². The number of hydrogen-bond donors (Lipinski definition) is 1. The standard InChI is InChI=1S/C14H15ClN2/c1-10-6-7-13(15)14(8-10)16-9-12-5-3-4-11(2)17-12/h3-8,16H,9H2,1-2H3. The van der Waals surface area contributed by atoms with Gasteiger partial charge in [0.05, 0.1) is 22.9 Å². The van der Waals surface area contributed by atoms with Crippen molar-refractivity contribution in [3.63, 3.8) is 0 Å². The number of anilines is 1. The minimum Gasteiger partial charge on any atom is -0.378 e. The highest BCUT2D eigenvalue weighted by atomic mass is 35.5. The fourth-order valence-electron chi connectivity index (χ4n) is 1.66. The molecular formula is C14H15ClN2. The van der Waals surface area contributed by atoms with Crippen molar-refractivity contribution in [1.29, 1.82) is 0 Å². The molecule has 17 heavy (non-hydrogen) atoms. The van der Waals surface area contributed by atoms with Crippen molar-refractivity contribution in [2.75, 3.05) is 5.32 Å². The summed E-state index contributed by atoms with van der Waals surface area (Å²) in [7, 11) is 0. The number of rotatable bonds is 3. The fraction of sp³-hybridized carbons (Fsp3) is 0.214. The summed E-state index contributed by atoms with van der Waals surface area (Å²) in [6.07, 6.45) is 0. The summed E-state index contributed by atoms with van der Waals surface area (Å²) < 4.78 is 0. The molecule has 1 N–H and O–H groups in total. The third-order valence-corrected chi connectivity index (χ3v) is 2.86. The molecule has 0 saturated carbocycles. The summed E-state index contributed by atoms with van der Waals surface area (Å²) in [5.41, 5.74) is 4.19. The fourth-order valence-corrected chi connectivity index (χ4v) is 1.84. The Morgan fingerprint density at radius 3 is 2.76 bits per heavy atom. The van der Waals surface area contributed by atoms with Crippen LogP contribution in [0.15, 0.2) is 36.4 Å². The average Bonchev–Trinajstić information content (AvgIpc) is 2.30. The highest BCUT2D eigenvalue weighted by Gasteiger charge is 2.01. The van der Waals surface area contributed by atoms with Crippen molar-refractivity contribution >= 4 is 17.3 Å². The van der Waals surface area contributed by atoms with Crippen LogP contribution in [0, 0.1) is 13.8 Å². The van der Waals surface area contributed by atoms with E-state index in [0.29, 0.717) is 6.54 Å². The smallest absolute Gasteiger partial charge is 0.0637 e. The third kappa shape index (κ3) is 3.21. The Labute approximate surface area is 107 Å². The molecule has 1 heterocycles. The minimum absolute atomic E-state index is 0.685. The van der Waals surface area contributed by atoms with Gasteiger partial charge < -0.3 is 5.32 Å². The van der Waals surface area contributed by atoms with Gasteiger partial charge in [0, 0.05) is 5.69 Å². The van der Waals surface area contributed by atoms with Gasteiger partial charge in [-0.15, -0.1) is 0 Å². The van der Waals surface area contributed by atoms with Crippen LogP contribution < -0.4 is 5.32 Å². The van der Waals surface area contributed by atoms with E-state index < -0.39 is 0 Å². The second kappa shape index (κ2) is 5.19. The zero-order valence-electron chi connectivity index (χ0n) is 10.00. The quantitative estimate of drug-likeness (QED) is 0.887. The van der Waals surface area contributed by atoms with Crippen molar-refractivity contribution in [3.05, 3.63) is 58.4 Å². The summed E-state index contributed by atoms with van der Waals surface area (Å²) >= 11 is 6.11. The average molecular weight is 247 g/mol. The number of nitrogens with one attached hydrogen (secondary N) is 1. The third-order valence-electron chi connectivity index (χ3n) is 2.53. The highest BCUT2D eigenvalue weighted by molar-refractivity contribution is 6.33. The molecule has 0 aliphatic heterocycles. The Morgan fingerprint density at radius 2 is 2.00 bits per heavy atom. The van der Waals surface area contributed by atoms with Gasteiger partial charge in [0.25, 0.3) is 0 Å². The second-order valence-corrected chi connectivity index (χ2v) is 4.51. The van der Waals surface area contributed by atoms with E-state index in [0.717, 1.165) is 22.1 Å². The lowest BCUT2D eigenvalue weighted by atomic mass is 10.2. The van der Waals surface area contributed by atoms with Crippen molar-refractivity contribution in [2.24, 2.45) is 0 Å². The first-order valence-electron chi connectivity index (χ1n) is 5.58. The zero-order chi connectivity index (χ0) is 12.3. The van der Waals surface area contributed by atoms with Gasteiger partial charge in [0.2, 0.25) is 0 Å². The van der Waals surface area contributed by atoms with Gasteiger partial charge in [-0.3, -0.25) is 4.98 Å². The van der Waals surface area contributed by atoms with Crippen LogP contribution in [0.3, 0.4) is 0 Å². The SMILES string of the molecule is Cc1ccc(Cl)c(NCc2cccc(C)n2)c1. The Hall–Kier alpha value is -1.54. The van der Waals surface area contributed by atoms with E-state index in [9.17, 15) is 0 Å². The normalized spacial score (nSPS) is 10.3. The molecule has 3 heteroatoms. The van der Waals surface area contributed by atoms with Gasteiger partial charge in [-0.25, -0.2) is 0 Å². The number of aryl methyl sites for hydroxylation is 2. The van der Waals surface area contributed by atoms with E-state index in [1.54, 1.807) is 0 Å². The number of hydrogen-bond acceptors (Lipinski definition) is 2. The molecule has 0 amide bonds. The van der Waals surface area contributed by atoms with E-state index >= 15 is 0 Å². The molecule has 0 aliphatic rings. The molecule has 0 atom stereocenters. The molecule has 0 aliphatic carbocycles. The predicted octanol–water partition coefficient (Wildman–Crippen LogP) is 3.96. The first-order chi connectivity index (χ1) is 8.15. The topological polar surface area (TPSA) is 24.9 Å². The van der Waals surface area contributed by atoms with E-state index in [2.05, 4.69) is 10.3 Å². The van der Waals surface area contributed by atoms with Crippen LogP contribution >= 0.6 is 11.6 Å². The molecule has 1 aromatic carbocycles. The molecule has 88 valence electrons. The van der Waals surface area contributed by atoms with Gasteiger partial charge in [-0.2, -0.15) is 0 Å². The molecule has 0 bridgehead atoms. The number of aromatic nitrogens is 1. The summed E-state index contributed by atoms with van der Waals surface area (Å²) in [5.74, 6) is 0. The lowest BCUT2D eigenvalue weighted by molar-refractivity contribution is 1.01. The van der Waals surface area contributed by atoms with E-state index in [1.165, 1.54) is 5.56 Å². The molecule has 0 radical (unpaired) electrons. The maximum atomic E-state index is 6.11. The number of nitrogens with zero attached hydrogens (tertiary/aromatic N) is 1. The number of halogens is 1. The van der Waals surface area contributed by atoms with Crippen LogP contribution in [0.1, 0.15) is 17.0 Å². The number of benzene rings is 1. The minimum atomic E-state index is 0.685. The summed E-state index contributed by atoms with van der Waals surface area (Å²) in [5, 5.41) is 4.04. The Balaban J connectivity index is 2.09. The van der Waals surface area contributed by atoms with Crippen molar-refractivity contribution in [2.45, 2.75) is 20.4 Å². The second-order valence-electron chi connectivity index (χ2n) is 4.11. The molecular weight excluding hydrogens is 232 g/mol. The lowest BCUT2D eigenvalue weighted by Crippen LogP contribution is -2.02. The van der Waals surface area contributed by atoms with Crippen LogP contribution in [0.25, 0.3) is 0 Å². The van der Waals surface area contributed by atoms with Crippen molar-refractivity contribution < 1.29 is 0 Å². The van der Waals surface area contributed by atoms with Gasteiger partial charge in [-0.1, -0.05) is 23.7 Å². The highest BCUT2D eigenvalue weighted by Crippen LogP contribution is 2.23. The molecule has 1 aromatic heterocycles. The van der Waals surface area contributed by atoms with Gasteiger partial charge in [0.15, 0.2) is 0 Å². The lowest BCUT2D eigenvalue weighted by Gasteiger charge is -2.09. The van der Waals surface area contributed by atoms with Crippen LogP contribution in [0.2, 0.25) is 5.02 Å². The first kappa shape index (κ1) is 11.9. The first-order valence-corrected chi connectivity index (χ1v) is 5.95. The maximum absolute atomic E-state index is 6.11. The molecule has 0 saturated heterocycles. The largest absolute Gasteiger partial charge is 0.378 e. The molecule has 0 unspecified atom stereocenters. The Morgan fingerprint density at radius 1 is 1.18 bits per heavy atom. The van der Waals surface area contributed by atoms with E-state index in [4.69, 9.17) is 11.6 Å². The molecule has 0 fully saturated rings. The Bertz CT molecular complexity index is 523. The molecule has 2 aromatic rings. The van der Waals surface area contributed by atoms with Gasteiger partial charge >= 0.3 is 0 Å². The Kier molecular flexibility index (Phi) is 3.64. The van der Waals surface area contributed by atoms with Crippen LogP contribution in [0.5, 0.6) is 0 Å². The van der Waals surface area contributed by atoms with Crippen LogP contribution in [-0.2, 0) is 6.54 Å². The number of pyridine rings is 1. The molecule has 0 spiro atoms. The van der Waals surface area contributed by atoms with E-state index in [1.807, 2.05) is 50.2 Å². The molecule has 2 rings (SSSR count). The monoisotopic (exact) mass is 246 g/mol. The van der Waals surface area contributed by atoms with Crippen LogP contribution in [0.4, 0.5) is 5.69 Å². The van der Waals surface area contributed by atoms with Gasteiger partial charge in [0.1, 0.15) is 0 Å². The van der Waals surface area contributed by atoms with E-state index in [-0.39, 0.29) is 0 Å². The summed E-state index contributed by atoms with van der Waals surface area (Å²) in [6.45, 7) is 4.72. The van der Waals surface area contributed by atoms with Crippen molar-refractivity contribution in [3.8, 4) is 0 Å². The summed E-state index contributed by atoms with van der Waals surface area (Å²) in [6, 6.07) is 11.9. The van der Waals surface area contributed by atoms with Crippen LogP contribution in [-0.4, -0.2) is 4.98 Å². The molecule has 2 nitrogen and oxygen atoms in total. The maximum Gasteiger partial charge on any atom is 0.0637 e. The summed E-state index contributed by atoms with van der Waals surface area (Å²) in [4.78, 5) is 4.43. The predicted molar refractivity (Wildman–Crippen MR) is 72.5 cm³/mol. The van der Waals surface area contributed by atoms with Gasteiger partial charge in [-0.05, 0) is 43.7 Å².